The molecule has 2 aromatic rings. The molecule has 63 heavy (non-hydrogen) atoms. The van der Waals surface area contributed by atoms with Crippen molar-refractivity contribution in [1.82, 2.24) is 4.98 Å². The number of hydrogen-bond acceptors (Lipinski definition) is 20. The number of benzene rings is 1. The molecule has 6 rings (SSSR count). The number of pyridine rings is 1. The van der Waals surface area contributed by atoms with E-state index in [1.807, 2.05) is 0 Å². The molecule has 0 radical (unpaired) electrons. The number of ether oxygens (including phenoxy) is 9. The maximum Gasteiger partial charge on any atom is 0.340 e. The van der Waals surface area contributed by atoms with Crippen molar-refractivity contribution >= 4 is 47.8 Å². The van der Waals surface area contributed by atoms with E-state index in [0.29, 0.717) is 0 Å². The molecule has 4 aliphatic rings. The first-order valence-electron chi connectivity index (χ1n) is 19.9. The van der Waals surface area contributed by atoms with Crippen LogP contribution in [0.4, 0.5) is 0 Å². The van der Waals surface area contributed by atoms with Crippen LogP contribution >= 0.6 is 0 Å². The van der Waals surface area contributed by atoms with E-state index < -0.39 is 137 Å². The van der Waals surface area contributed by atoms with E-state index in [9.17, 15) is 48.6 Å². The summed E-state index contributed by atoms with van der Waals surface area (Å²) in [6.45, 7) is 7.70. The molecular weight excluding hydrogens is 834 g/mol. The molecule has 3 fully saturated rings. The van der Waals surface area contributed by atoms with Crippen molar-refractivity contribution in [1.29, 1.82) is 0 Å². The number of aromatic nitrogens is 1. The third-order valence-electron chi connectivity index (χ3n) is 12.6. The summed E-state index contributed by atoms with van der Waals surface area (Å²) >= 11 is 0. The summed E-state index contributed by atoms with van der Waals surface area (Å²) in [4.78, 5) is 114. The lowest BCUT2D eigenvalue weighted by Crippen LogP contribution is -2.89. The Morgan fingerprint density at radius 1 is 0.762 bits per heavy atom. The van der Waals surface area contributed by atoms with Crippen LogP contribution in [0, 0.1) is 11.3 Å². The second kappa shape index (κ2) is 16.6. The molecule has 2 aliphatic heterocycles. The van der Waals surface area contributed by atoms with Crippen molar-refractivity contribution in [2.75, 3.05) is 13.2 Å². The van der Waals surface area contributed by atoms with Gasteiger partial charge in [0.05, 0.1) is 17.0 Å². The molecule has 1 spiro atoms. The highest BCUT2D eigenvalue weighted by Crippen LogP contribution is 2.70. The molecule has 1 aromatic carbocycles. The van der Waals surface area contributed by atoms with Crippen LogP contribution in [0.5, 0.6) is 0 Å². The highest BCUT2D eigenvalue weighted by molar-refractivity contribution is 5.92. The fraction of sp³-hybridized carbons (Fsp3) is 0.558. The predicted molar refractivity (Wildman–Crippen MR) is 207 cm³/mol. The molecule has 20 heteroatoms. The first-order valence-corrected chi connectivity index (χ1v) is 19.9. The average molecular weight is 884 g/mol. The molecule has 3 heterocycles. The van der Waals surface area contributed by atoms with Gasteiger partial charge < -0.3 is 52.8 Å². The summed E-state index contributed by atoms with van der Waals surface area (Å²) in [5.41, 5.74) is -13.6. The minimum atomic E-state index is -2.99. The van der Waals surface area contributed by atoms with Crippen LogP contribution in [0.25, 0.3) is 0 Å². The maximum atomic E-state index is 14.7. The molecule has 4 bridgehead atoms. The summed E-state index contributed by atoms with van der Waals surface area (Å²) in [6.07, 6.45) is -10.4. The monoisotopic (exact) mass is 883 g/mol. The van der Waals surface area contributed by atoms with E-state index in [2.05, 4.69) is 4.98 Å². The number of carbonyl (C=O) groups excluding carboxylic acids is 8. The topological polar surface area (TPSA) is 273 Å². The minimum absolute atomic E-state index is 0.0489. The maximum absolute atomic E-state index is 14.7. The summed E-state index contributed by atoms with van der Waals surface area (Å²) in [6, 6.07) is 8.64. The Labute approximate surface area is 360 Å². The van der Waals surface area contributed by atoms with Gasteiger partial charge in [-0.1, -0.05) is 25.1 Å². The van der Waals surface area contributed by atoms with Crippen molar-refractivity contribution in [3.8, 4) is 0 Å². The smallest absolute Gasteiger partial charge is 0.340 e. The molecule has 340 valence electrons. The minimum Gasteiger partial charge on any atom is -0.465 e. The SMILES string of the molecule is CC(=O)OC[C@@]12[C@H](OC(C)=O)[C@@H](OC(=O)c3ccccc3)[C@@H]3OC(=O)[C@](C)(O)[C@@H](C)c4ccncc4C(=O)OC[C@]4(C)O[C@@]1([C@H](OC(C)=O)[C@H]4[C@H](OC(C)=O)[C@H]2OC(C)=O)[C@]3(C)O. The predicted octanol–water partition coefficient (Wildman–Crippen LogP) is 1.44. The lowest BCUT2D eigenvalue weighted by molar-refractivity contribution is -0.386. The van der Waals surface area contributed by atoms with Crippen LogP contribution in [0.3, 0.4) is 0 Å². The van der Waals surface area contributed by atoms with Gasteiger partial charge in [-0.3, -0.25) is 29.0 Å². The number of fused-ring (bicyclic) bond motifs is 5. The number of cyclic esters (lactones) is 1. The van der Waals surface area contributed by atoms with Crippen LogP contribution in [0.2, 0.25) is 0 Å². The summed E-state index contributed by atoms with van der Waals surface area (Å²) in [7, 11) is 0. The fourth-order valence-electron chi connectivity index (χ4n) is 9.87. The van der Waals surface area contributed by atoms with Gasteiger partial charge in [0.1, 0.15) is 42.0 Å². The van der Waals surface area contributed by atoms with Crippen LogP contribution in [0.15, 0.2) is 48.8 Å². The second-order valence-electron chi connectivity index (χ2n) is 16.8. The third-order valence-corrected chi connectivity index (χ3v) is 12.6. The van der Waals surface area contributed by atoms with E-state index >= 15 is 0 Å². The Morgan fingerprint density at radius 2 is 1.33 bits per heavy atom. The third kappa shape index (κ3) is 7.56. The summed E-state index contributed by atoms with van der Waals surface area (Å²) in [5.74, 6) is -12.0. The normalized spacial score (nSPS) is 36.8. The Bertz CT molecular complexity index is 2210. The molecular formula is C43H49NO19. The Morgan fingerprint density at radius 3 is 1.90 bits per heavy atom. The number of hydrogen-bond donors (Lipinski definition) is 2. The zero-order valence-electron chi connectivity index (χ0n) is 35.9. The Hall–Kier alpha value is -5.99. The molecule has 1 saturated heterocycles. The lowest BCUT2D eigenvalue weighted by Gasteiger charge is -2.67. The van der Waals surface area contributed by atoms with Crippen LogP contribution in [0.1, 0.15) is 94.5 Å². The highest BCUT2D eigenvalue weighted by Gasteiger charge is 2.92. The van der Waals surface area contributed by atoms with E-state index in [-0.39, 0.29) is 16.7 Å². The number of carbonyl (C=O) groups is 8. The van der Waals surface area contributed by atoms with Crippen molar-refractivity contribution < 1.29 is 91.2 Å². The van der Waals surface area contributed by atoms with Crippen molar-refractivity contribution in [2.45, 2.75) is 127 Å². The van der Waals surface area contributed by atoms with Gasteiger partial charge in [0, 0.05) is 52.9 Å². The Kier molecular flexibility index (Phi) is 12.3. The first kappa shape index (κ1) is 46.5. The molecule has 0 unspecified atom stereocenters. The van der Waals surface area contributed by atoms with Gasteiger partial charge in [-0.2, -0.15) is 0 Å². The molecule has 2 saturated carbocycles. The molecule has 1 aromatic heterocycles. The van der Waals surface area contributed by atoms with E-state index in [4.69, 9.17) is 42.6 Å². The lowest BCUT2D eigenvalue weighted by atomic mass is 9.45. The molecule has 0 amide bonds. The van der Waals surface area contributed by atoms with Gasteiger partial charge in [0.15, 0.2) is 35.6 Å². The van der Waals surface area contributed by atoms with Crippen LogP contribution in [-0.2, 0) is 71.4 Å². The van der Waals surface area contributed by atoms with Gasteiger partial charge in [-0.05, 0) is 44.5 Å². The van der Waals surface area contributed by atoms with E-state index in [1.165, 1.54) is 50.4 Å². The zero-order valence-corrected chi connectivity index (χ0v) is 35.9. The molecule has 2 N–H and O–H groups in total. The number of esters is 8. The molecule has 2 aliphatic carbocycles. The van der Waals surface area contributed by atoms with Gasteiger partial charge in [-0.25, -0.2) is 14.4 Å². The van der Waals surface area contributed by atoms with Crippen LogP contribution < -0.4 is 0 Å². The van der Waals surface area contributed by atoms with Crippen LogP contribution in [-0.4, -0.2) is 135 Å². The van der Waals surface area contributed by atoms with Gasteiger partial charge in [-0.15, -0.1) is 0 Å². The summed E-state index contributed by atoms with van der Waals surface area (Å²) in [5, 5.41) is 25.8. The van der Waals surface area contributed by atoms with Crippen molar-refractivity contribution in [2.24, 2.45) is 11.3 Å². The molecule has 13 atom stereocenters. The van der Waals surface area contributed by atoms with Gasteiger partial charge in [0.25, 0.3) is 0 Å². The number of rotatable bonds is 8. The van der Waals surface area contributed by atoms with Gasteiger partial charge in [0.2, 0.25) is 0 Å². The summed E-state index contributed by atoms with van der Waals surface area (Å²) < 4.78 is 55.0. The highest BCUT2D eigenvalue weighted by atomic mass is 16.7. The largest absolute Gasteiger partial charge is 0.465 e. The standard InChI is InChI=1S/C43H49NO19/c1-20-27-15-16-44-17-28(27)37(51)56-18-39(7)29-30(57-22(3)46)34(59-24(5)48)42(19-55-21(2)45)35(60-25(6)49)31(61-36(50)26-13-11-10-12-14-26)33(62-38(52)40(20,8)53)41(9,54)43(42,63-39)32(29)58-23(4)47/h10-17,20,29-35,53-54H,18-19H2,1-9H3/t20-,29+,30-,31-,32+,33-,34+,35+,39-,40+,41+,42+,43-/m0/s1. The zero-order chi connectivity index (χ0) is 46.6. The quantitative estimate of drug-likeness (QED) is 0.280. The first-order chi connectivity index (χ1) is 29.4. The van der Waals surface area contributed by atoms with E-state index in [0.717, 1.165) is 54.7 Å². The Balaban J connectivity index is 1.81. The van der Waals surface area contributed by atoms with Crippen molar-refractivity contribution in [3.63, 3.8) is 0 Å². The van der Waals surface area contributed by atoms with Crippen molar-refractivity contribution in [3.05, 3.63) is 65.5 Å². The second-order valence-corrected chi connectivity index (χ2v) is 16.8. The average Bonchev–Trinajstić information content (AvgIpc) is 3.42. The number of aliphatic hydroxyl groups is 2. The fourth-order valence-corrected chi connectivity index (χ4v) is 9.87. The number of nitrogens with zero attached hydrogens (tertiary/aromatic N) is 1. The van der Waals surface area contributed by atoms with E-state index in [1.54, 1.807) is 6.07 Å². The molecule has 20 nitrogen and oxygen atoms in total. The van der Waals surface area contributed by atoms with Gasteiger partial charge >= 0.3 is 47.8 Å².